The zero-order valence-corrected chi connectivity index (χ0v) is 13.4. The second-order valence-corrected chi connectivity index (χ2v) is 7.64. The molecule has 0 saturated carbocycles. The van der Waals surface area contributed by atoms with E-state index in [0.29, 0.717) is 16.7 Å². The predicted molar refractivity (Wildman–Crippen MR) is 84.9 cm³/mol. The molecule has 2 nitrogen and oxygen atoms in total. The van der Waals surface area contributed by atoms with Crippen molar-refractivity contribution in [3.05, 3.63) is 28.8 Å². The van der Waals surface area contributed by atoms with Gasteiger partial charge in [0.15, 0.2) is 5.78 Å². The third-order valence-corrected chi connectivity index (χ3v) is 6.49. The van der Waals surface area contributed by atoms with Gasteiger partial charge in [-0.3, -0.25) is 4.79 Å². The molecule has 0 aliphatic carbocycles. The van der Waals surface area contributed by atoms with E-state index < -0.39 is 0 Å². The van der Waals surface area contributed by atoms with E-state index in [1.165, 1.54) is 0 Å². The highest BCUT2D eigenvalue weighted by molar-refractivity contribution is 8.07. The number of carbonyl (C=O) groups excluding carboxylic acids is 1. The van der Waals surface area contributed by atoms with Crippen molar-refractivity contribution in [3.8, 4) is 5.75 Å². The van der Waals surface area contributed by atoms with Gasteiger partial charge in [-0.15, -0.1) is 11.8 Å². The van der Waals surface area contributed by atoms with E-state index in [2.05, 4.69) is 6.92 Å². The van der Waals surface area contributed by atoms with E-state index >= 15 is 0 Å². The molecule has 2 unspecified atom stereocenters. The van der Waals surface area contributed by atoms with Crippen LogP contribution in [0.25, 0.3) is 0 Å². The van der Waals surface area contributed by atoms with Crippen molar-refractivity contribution >= 4 is 40.9 Å². The maximum atomic E-state index is 12.4. The van der Waals surface area contributed by atoms with E-state index in [-0.39, 0.29) is 11.0 Å². The largest absolute Gasteiger partial charge is 0.496 e. The summed E-state index contributed by atoms with van der Waals surface area (Å²) < 4.78 is 5.29. The molecule has 0 radical (unpaired) electrons. The lowest BCUT2D eigenvalue weighted by atomic mass is 10.0. The first-order chi connectivity index (χ1) is 9.11. The van der Waals surface area contributed by atoms with Crippen molar-refractivity contribution in [2.24, 2.45) is 0 Å². The van der Waals surface area contributed by atoms with Gasteiger partial charge in [-0.1, -0.05) is 18.5 Å². The quantitative estimate of drug-likeness (QED) is 0.846. The molecule has 2 atom stereocenters. The number of Topliss-reactive ketones (excluding diaryl/α,β-unsaturated/α-hetero) is 1. The summed E-state index contributed by atoms with van der Waals surface area (Å²) in [5.41, 5.74) is 0.878. The van der Waals surface area contributed by atoms with Gasteiger partial charge in [0.05, 0.1) is 12.4 Å². The summed E-state index contributed by atoms with van der Waals surface area (Å²) in [7, 11) is 1.62. The number of hydrogen-bond donors (Lipinski definition) is 0. The maximum absolute atomic E-state index is 12.4. The molecule has 5 heteroatoms. The number of benzene rings is 1. The van der Waals surface area contributed by atoms with Crippen LogP contribution in [0.2, 0.25) is 5.02 Å². The summed E-state index contributed by atoms with van der Waals surface area (Å²) >= 11 is 9.65. The predicted octanol–water partition coefficient (Wildman–Crippen LogP) is 3.70. The Morgan fingerprint density at radius 3 is 2.84 bits per heavy atom. The lowest BCUT2D eigenvalue weighted by Crippen LogP contribution is -2.32. The van der Waals surface area contributed by atoms with E-state index in [1.807, 2.05) is 23.9 Å². The van der Waals surface area contributed by atoms with E-state index in [0.717, 1.165) is 22.8 Å². The van der Waals surface area contributed by atoms with Crippen molar-refractivity contribution in [2.45, 2.75) is 23.8 Å². The van der Waals surface area contributed by atoms with Crippen molar-refractivity contribution in [3.63, 3.8) is 0 Å². The van der Waals surface area contributed by atoms with E-state index in [1.54, 1.807) is 24.9 Å². The van der Waals surface area contributed by atoms with Gasteiger partial charge in [-0.2, -0.15) is 11.8 Å². The molecule has 1 saturated heterocycles. The van der Waals surface area contributed by atoms with Gasteiger partial charge < -0.3 is 4.74 Å². The van der Waals surface area contributed by atoms with Crippen LogP contribution in [0.15, 0.2) is 18.2 Å². The average molecular weight is 317 g/mol. The molecular formula is C14H17ClO2S2. The molecule has 0 amide bonds. The van der Waals surface area contributed by atoms with Gasteiger partial charge in [-0.25, -0.2) is 0 Å². The molecule has 1 aromatic carbocycles. The van der Waals surface area contributed by atoms with Crippen LogP contribution >= 0.6 is 35.1 Å². The minimum absolute atomic E-state index is 0.0856. The van der Waals surface area contributed by atoms with Crippen LogP contribution in [0.3, 0.4) is 0 Å². The molecule has 0 N–H and O–H groups in total. The number of rotatable bonds is 4. The highest BCUT2D eigenvalue weighted by atomic mass is 35.5. The molecule has 104 valence electrons. The summed E-state index contributed by atoms with van der Waals surface area (Å²) in [5, 5.41) is 1.11. The monoisotopic (exact) mass is 316 g/mol. The second-order valence-electron chi connectivity index (χ2n) is 4.47. The zero-order valence-electron chi connectivity index (χ0n) is 11.0. The van der Waals surface area contributed by atoms with Gasteiger partial charge in [-0.05, 0) is 18.2 Å². The van der Waals surface area contributed by atoms with Crippen molar-refractivity contribution in [1.82, 2.24) is 0 Å². The Morgan fingerprint density at radius 1 is 1.42 bits per heavy atom. The van der Waals surface area contributed by atoms with Crippen LogP contribution in [-0.2, 0) is 11.2 Å². The Bertz CT molecular complexity index is 465. The Hall–Kier alpha value is -0.320. The molecular weight excluding hydrogens is 300 g/mol. The first-order valence-corrected chi connectivity index (χ1v) is 8.67. The number of ketones is 1. The van der Waals surface area contributed by atoms with Crippen LogP contribution in [0.4, 0.5) is 0 Å². The van der Waals surface area contributed by atoms with Crippen LogP contribution in [0.5, 0.6) is 5.75 Å². The average Bonchev–Trinajstić information content (AvgIpc) is 2.39. The minimum atomic E-state index is 0.0856. The number of halogens is 1. The second kappa shape index (κ2) is 6.91. The topological polar surface area (TPSA) is 26.3 Å². The number of methoxy groups -OCH3 is 1. The molecule has 1 aliphatic rings. The fourth-order valence-corrected chi connectivity index (χ4v) is 5.09. The number of hydrogen-bond acceptors (Lipinski definition) is 4. The van der Waals surface area contributed by atoms with Crippen molar-refractivity contribution in [1.29, 1.82) is 0 Å². The SMILES string of the molecule is COc1ccc(Cl)cc1CC(=O)C1SCCSC1C. The Labute approximate surface area is 127 Å². The molecule has 0 aromatic heterocycles. The van der Waals surface area contributed by atoms with E-state index in [4.69, 9.17) is 16.3 Å². The fourth-order valence-electron chi connectivity index (χ4n) is 2.16. The van der Waals surface area contributed by atoms with Gasteiger partial charge in [0.2, 0.25) is 0 Å². The molecule has 2 rings (SSSR count). The number of carbonyl (C=O) groups is 1. The zero-order chi connectivity index (χ0) is 13.8. The van der Waals surface area contributed by atoms with Gasteiger partial charge in [0, 0.05) is 33.8 Å². The third-order valence-electron chi connectivity index (χ3n) is 3.11. The smallest absolute Gasteiger partial charge is 0.151 e. The standard InChI is InChI=1S/C14H17ClO2S2/c1-9-14(19-6-5-18-9)12(16)8-10-7-11(15)3-4-13(10)17-2/h3-4,7,9,14H,5-6,8H2,1-2H3. The molecule has 0 bridgehead atoms. The highest BCUT2D eigenvalue weighted by Gasteiger charge is 2.29. The van der Waals surface area contributed by atoms with Crippen LogP contribution < -0.4 is 4.74 Å². The van der Waals surface area contributed by atoms with Crippen molar-refractivity contribution < 1.29 is 9.53 Å². The first kappa shape index (κ1) is 15.1. The Kier molecular flexibility index (Phi) is 5.48. The van der Waals surface area contributed by atoms with Crippen molar-refractivity contribution in [2.75, 3.05) is 18.6 Å². The molecule has 1 fully saturated rings. The van der Waals surface area contributed by atoms with Crippen LogP contribution in [-0.4, -0.2) is 34.9 Å². The van der Waals surface area contributed by atoms with Crippen LogP contribution in [0, 0.1) is 0 Å². The number of ether oxygens (including phenoxy) is 1. The molecule has 1 aromatic rings. The first-order valence-electron chi connectivity index (χ1n) is 6.20. The third kappa shape index (κ3) is 3.83. The lowest BCUT2D eigenvalue weighted by molar-refractivity contribution is -0.117. The van der Waals surface area contributed by atoms with Gasteiger partial charge >= 0.3 is 0 Å². The summed E-state index contributed by atoms with van der Waals surface area (Å²) in [6, 6.07) is 5.42. The molecule has 0 spiro atoms. The van der Waals surface area contributed by atoms with Gasteiger partial charge in [0.1, 0.15) is 5.75 Å². The summed E-state index contributed by atoms with van der Waals surface area (Å²) in [6.07, 6.45) is 0.395. The molecule has 1 heterocycles. The highest BCUT2D eigenvalue weighted by Crippen LogP contribution is 2.33. The summed E-state index contributed by atoms with van der Waals surface area (Å²) in [5.74, 6) is 3.19. The summed E-state index contributed by atoms with van der Waals surface area (Å²) in [6.45, 7) is 2.13. The summed E-state index contributed by atoms with van der Waals surface area (Å²) in [4.78, 5) is 12.4. The Morgan fingerprint density at radius 2 is 2.16 bits per heavy atom. The normalized spacial score (nSPS) is 23.1. The van der Waals surface area contributed by atoms with Gasteiger partial charge in [0.25, 0.3) is 0 Å². The van der Waals surface area contributed by atoms with Crippen LogP contribution in [0.1, 0.15) is 12.5 Å². The minimum Gasteiger partial charge on any atom is -0.496 e. The lowest BCUT2D eigenvalue weighted by Gasteiger charge is -2.26. The van der Waals surface area contributed by atoms with E-state index in [9.17, 15) is 4.79 Å². The maximum Gasteiger partial charge on any atom is 0.151 e. The number of thioether (sulfide) groups is 2. The fraction of sp³-hybridized carbons (Fsp3) is 0.500. The Balaban J connectivity index is 2.11. The molecule has 19 heavy (non-hydrogen) atoms. The molecule has 1 aliphatic heterocycles.